The highest BCUT2D eigenvalue weighted by molar-refractivity contribution is 4.92. The Kier molecular flexibility index (Phi) is 7.38. The smallest absolute Gasteiger partial charge is 0.0515 e. The van der Waals surface area contributed by atoms with Crippen molar-refractivity contribution in [1.29, 1.82) is 0 Å². The van der Waals surface area contributed by atoms with Crippen molar-refractivity contribution in [3.8, 4) is 0 Å². The SMILES string of the molecule is CC(C)(CCC(C)(C)N1CCCN(C(C)(C)C)C1)C1CCCN(C(C)(C)C)C1. The summed E-state index contributed by atoms with van der Waals surface area (Å²) in [7, 11) is 0. The summed E-state index contributed by atoms with van der Waals surface area (Å²) in [5.41, 5.74) is 1.27. The van der Waals surface area contributed by atoms with E-state index in [1.807, 2.05) is 0 Å². The Labute approximate surface area is 177 Å². The Bertz CT molecular complexity index is 449. The van der Waals surface area contributed by atoms with Gasteiger partial charge in [-0.15, -0.1) is 0 Å². The van der Waals surface area contributed by atoms with Crippen molar-refractivity contribution < 1.29 is 0 Å². The zero-order chi connectivity index (χ0) is 21.4. The first-order valence-corrected chi connectivity index (χ1v) is 11.9. The lowest BCUT2D eigenvalue weighted by Crippen LogP contribution is -2.58. The van der Waals surface area contributed by atoms with Crippen LogP contribution < -0.4 is 0 Å². The van der Waals surface area contributed by atoms with Crippen LogP contribution in [0.15, 0.2) is 0 Å². The van der Waals surface area contributed by atoms with Gasteiger partial charge in [0, 0.05) is 36.3 Å². The molecule has 2 rings (SSSR count). The highest BCUT2D eigenvalue weighted by Crippen LogP contribution is 2.41. The predicted octanol–water partition coefficient (Wildman–Crippen LogP) is 5.85. The van der Waals surface area contributed by atoms with Gasteiger partial charge in [0.1, 0.15) is 0 Å². The van der Waals surface area contributed by atoms with Crippen molar-refractivity contribution >= 4 is 0 Å². The summed E-state index contributed by atoms with van der Waals surface area (Å²) in [4.78, 5) is 8.13. The summed E-state index contributed by atoms with van der Waals surface area (Å²) in [5, 5.41) is 0. The minimum Gasteiger partial charge on any atom is -0.298 e. The minimum absolute atomic E-state index is 0.270. The van der Waals surface area contributed by atoms with Crippen LogP contribution in [0.1, 0.15) is 101 Å². The first-order valence-electron chi connectivity index (χ1n) is 11.9. The zero-order valence-corrected chi connectivity index (χ0v) is 21.0. The number of piperidine rings is 1. The van der Waals surface area contributed by atoms with Crippen molar-refractivity contribution in [2.24, 2.45) is 11.3 Å². The maximum atomic E-state index is 2.75. The van der Waals surface area contributed by atoms with Crippen LogP contribution in [0.25, 0.3) is 0 Å². The lowest BCUT2D eigenvalue weighted by Gasteiger charge is -2.50. The molecule has 0 spiro atoms. The normalized spacial score (nSPS) is 25.3. The van der Waals surface area contributed by atoms with Gasteiger partial charge in [0.25, 0.3) is 0 Å². The van der Waals surface area contributed by atoms with Crippen LogP contribution in [0.5, 0.6) is 0 Å². The average molecular weight is 394 g/mol. The maximum Gasteiger partial charge on any atom is 0.0515 e. The summed E-state index contributed by atoms with van der Waals surface area (Å²) >= 11 is 0. The van der Waals surface area contributed by atoms with Crippen LogP contribution in [-0.2, 0) is 0 Å². The monoisotopic (exact) mass is 393 g/mol. The van der Waals surface area contributed by atoms with E-state index in [1.165, 1.54) is 58.3 Å². The molecule has 3 heteroatoms. The summed E-state index contributed by atoms with van der Waals surface area (Å²) in [6.07, 6.45) is 6.69. The fourth-order valence-electron chi connectivity index (χ4n) is 5.06. The molecule has 0 saturated carbocycles. The molecule has 3 nitrogen and oxygen atoms in total. The largest absolute Gasteiger partial charge is 0.298 e. The Hall–Kier alpha value is -0.120. The molecule has 1 unspecified atom stereocenters. The summed E-state index contributed by atoms with van der Waals surface area (Å²) in [6, 6.07) is 0. The molecule has 2 saturated heterocycles. The first-order chi connectivity index (χ1) is 12.6. The summed E-state index contributed by atoms with van der Waals surface area (Å²) in [6.45, 7) is 30.4. The molecule has 2 heterocycles. The van der Waals surface area contributed by atoms with Crippen LogP contribution >= 0.6 is 0 Å². The van der Waals surface area contributed by atoms with E-state index in [0.29, 0.717) is 11.0 Å². The fourth-order valence-corrected chi connectivity index (χ4v) is 5.06. The molecule has 0 aromatic rings. The number of hydrogen-bond acceptors (Lipinski definition) is 3. The van der Waals surface area contributed by atoms with Gasteiger partial charge in [-0.25, -0.2) is 0 Å². The number of hydrogen-bond donors (Lipinski definition) is 0. The van der Waals surface area contributed by atoms with Gasteiger partial charge in [0.05, 0.1) is 6.67 Å². The van der Waals surface area contributed by atoms with Crippen LogP contribution in [0.2, 0.25) is 0 Å². The van der Waals surface area contributed by atoms with E-state index in [1.54, 1.807) is 0 Å². The molecule has 28 heavy (non-hydrogen) atoms. The van der Waals surface area contributed by atoms with E-state index in [9.17, 15) is 0 Å². The van der Waals surface area contributed by atoms with Gasteiger partial charge in [0.15, 0.2) is 0 Å². The predicted molar refractivity (Wildman–Crippen MR) is 124 cm³/mol. The maximum absolute atomic E-state index is 2.75. The number of likely N-dealkylation sites (tertiary alicyclic amines) is 1. The van der Waals surface area contributed by atoms with E-state index in [0.717, 1.165) is 12.6 Å². The third-order valence-corrected chi connectivity index (χ3v) is 7.86. The molecular weight excluding hydrogens is 342 g/mol. The Balaban J connectivity index is 1.96. The molecule has 0 bridgehead atoms. The molecular formula is C25H51N3. The van der Waals surface area contributed by atoms with Gasteiger partial charge in [0.2, 0.25) is 0 Å². The quantitative estimate of drug-likeness (QED) is 0.580. The first kappa shape index (κ1) is 24.2. The fraction of sp³-hybridized carbons (Fsp3) is 1.00. The van der Waals surface area contributed by atoms with Gasteiger partial charge in [-0.1, -0.05) is 13.8 Å². The van der Waals surface area contributed by atoms with E-state index in [2.05, 4.69) is 83.9 Å². The van der Waals surface area contributed by atoms with Gasteiger partial charge in [-0.3, -0.25) is 14.7 Å². The molecule has 1 atom stereocenters. The molecule has 2 aliphatic heterocycles. The third kappa shape index (κ3) is 6.19. The molecule has 2 aliphatic rings. The zero-order valence-electron chi connectivity index (χ0n) is 21.0. The van der Waals surface area contributed by atoms with Crippen molar-refractivity contribution in [3.05, 3.63) is 0 Å². The third-order valence-electron chi connectivity index (χ3n) is 7.86. The van der Waals surface area contributed by atoms with E-state index < -0.39 is 0 Å². The van der Waals surface area contributed by atoms with Crippen LogP contribution in [0.4, 0.5) is 0 Å². The van der Waals surface area contributed by atoms with E-state index in [-0.39, 0.29) is 11.1 Å². The molecule has 0 radical (unpaired) electrons. The minimum atomic E-state index is 0.270. The van der Waals surface area contributed by atoms with E-state index in [4.69, 9.17) is 0 Å². The average Bonchev–Trinajstić information content (AvgIpc) is 2.59. The van der Waals surface area contributed by atoms with Gasteiger partial charge < -0.3 is 0 Å². The summed E-state index contributed by atoms with van der Waals surface area (Å²) < 4.78 is 0. The highest BCUT2D eigenvalue weighted by atomic mass is 15.4. The van der Waals surface area contributed by atoms with Crippen LogP contribution in [0.3, 0.4) is 0 Å². The Morgan fingerprint density at radius 1 is 0.643 bits per heavy atom. The Morgan fingerprint density at radius 2 is 1.18 bits per heavy atom. The van der Waals surface area contributed by atoms with Crippen molar-refractivity contribution in [1.82, 2.24) is 14.7 Å². The number of rotatable bonds is 5. The van der Waals surface area contributed by atoms with Crippen LogP contribution in [0, 0.1) is 11.3 Å². The van der Waals surface area contributed by atoms with Crippen molar-refractivity contribution in [2.75, 3.05) is 32.8 Å². The summed E-state index contributed by atoms with van der Waals surface area (Å²) in [5.74, 6) is 0.823. The highest BCUT2D eigenvalue weighted by Gasteiger charge is 2.39. The molecule has 0 N–H and O–H groups in total. The standard InChI is InChI=1S/C25H51N3/c1-22(2,3)26-16-11-13-21(19-26)24(7,8)14-15-25(9,10)28-18-12-17-27(20-28)23(4,5)6/h21H,11-20H2,1-10H3. The van der Waals surface area contributed by atoms with Crippen molar-refractivity contribution in [3.63, 3.8) is 0 Å². The second-order valence-corrected chi connectivity index (χ2v) is 12.9. The molecule has 166 valence electrons. The molecule has 0 aromatic heterocycles. The molecule has 0 amide bonds. The molecule has 0 aliphatic carbocycles. The lowest BCUT2D eigenvalue weighted by atomic mass is 9.69. The second kappa shape index (κ2) is 8.55. The van der Waals surface area contributed by atoms with Gasteiger partial charge in [-0.2, -0.15) is 0 Å². The van der Waals surface area contributed by atoms with Gasteiger partial charge >= 0.3 is 0 Å². The van der Waals surface area contributed by atoms with Crippen LogP contribution in [-0.4, -0.2) is 64.2 Å². The lowest BCUT2D eigenvalue weighted by molar-refractivity contribution is -0.0382. The molecule has 0 aromatic carbocycles. The van der Waals surface area contributed by atoms with E-state index >= 15 is 0 Å². The Morgan fingerprint density at radius 3 is 1.75 bits per heavy atom. The van der Waals surface area contributed by atoms with Crippen molar-refractivity contribution in [2.45, 2.75) is 118 Å². The second-order valence-electron chi connectivity index (χ2n) is 12.9. The van der Waals surface area contributed by atoms with Gasteiger partial charge in [-0.05, 0) is 105 Å². The number of nitrogens with zero attached hydrogens (tertiary/aromatic N) is 3. The molecule has 2 fully saturated rings. The topological polar surface area (TPSA) is 9.72 Å².